The molecule has 2 aromatic carbocycles. The number of aryl methyl sites for hydroxylation is 1. The van der Waals surface area contributed by atoms with E-state index in [0.717, 1.165) is 34.6 Å². The van der Waals surface area contributed by atoms with E-state index in [1.54, 1.807) is 12.0 Å². The molecule has 0 bridgehead atoms. The minimum Gasteiger partial charge on any atom is -0.497 e. The molecule has 1 aromatic heterocycles. The average molecular weight is 337 g/mol. The van der Waals surface area contributed by atoms with Crippen LogP contribution in [0.1, 0.15) is 18.3 Å². The van der Waals surface area contributed by atoms with E-state index in [9.17, 15) is 4.79 Å². The first kappa shape index (κ1) is 17.0. The van der Waals surface area contributed by atoms with Crippen molar-refractivity contribution in [3.05, 3.63) is 59.9 Å². The number of hydrogen-bond acceptors (Lipinski definition) is 3. The van der Waals surface area contributed by atoms with Crippen LogP contribution in [-0.4, -0.2) is 34.5 Å². The van der Waals surface area contributed by atoms with Gasteiger partial charge in [0.1, 0.15) is 18.1 Å². The number of ether oxygens (including phenoxy) is 1. The first-order valence-electron chi connectivity index (χ1n) is 8.43. The van der Waals surface area contributed by atoms with Crippen LogP contribution in [0.5, 0.6) is 5.75 Å². The number of benzene rings is 2. The fourth-order valence-corrected chi connectivity index (χ4v) is 2.92. The molecule has 0 unspecified atom stereocenters. The molecule has 1 heterocycles. The summed E-state index contributed by atoms with van der Waals surface area (Å²) in [6.07, 6.45) is 0.796. The van der Waals surface area contributed by atoms with Crippen LogP contribution in [0.4, 0.5) is 0 Å². The third-order valence-electron chi connectivity index (χ3n) is 4.35. The quantitative estimate of drug-likeness (QED) is 0.693. The summed E-state index contributed by atoms with van der Waals surface area (Å²) in [5.74, 6) is 1.82. The monoisotopic (exact) mass is 337 g/mol. The number of carbonyl (C=O) groups is 1. The van der Waals surface area contributed by atoms with Crippen molar-refractivity contribution in [1.82, 2.24) is 14.5 Å². The zero-order valence-corrected chi connectivity index (χ0v) is 14.9. The molecule has 3 aromatic rings. The van der Waals surface area contributed by atoms with Crippen LogP contribution < -0.4 is 4.74 Å². The number of rotatable bonds is 6. The van der Waals surface area contributed by atoms with E-state index in [1.807, 2.05) is 60.1 Å². The maximum absolute atomic E-state index is 12.7. The largest absolute Gasteiger partial charge is 0.497 e. The van der Waals surface area contributed by atoms with Gasteiger partial charge >= 0.3 is 0 Å². The molecule has 0 saturated heterocycles. The molecule has 0 saturated carbocycles. The standard InChI is InChI=1S/C20H23N3O2/c1-4-19-21-17-7-5-6-8-18(17)23(19)14-20(24)22(2)13-15-9-11-16(25-3)12-10-15/h5-12H,4,13-14H2,1-3H3. The summed E-state index contributed by atoms with van der Waals surface area (Å²) in [7, 11) is 3.47. The molecule has 1 amide bonds. The molecule has 25 heavy (non-hydrogen) atoms. The van der Waals surface area contributed by atoms with Gasteiger partial charge in [0, 0.05) is 20.0 Å². The van der Waals surface area contributed by atoms with Gasteiger partial charge in [-0.1, -0.05) is 31.2 Å². The Labute approximate surface area is 147 Å². The number of fused-ring (bicyclic) bond motifs is 1. The first-order valence-corrected chi connectivity index (χ1v) is 8.43. The normalized spacial score (nSPS) is 10.8. The highest BCUT2D eigenvalue weighted by Gasteiger charge is 2.15. The lowest BCUT2D eigenvalue weighted by Gasteiger charge is -2.19. The number of likely N-dealkylation sites (N-methyl/N-ethyl adjacent to an activating group) is 1. The Bertz CT molecular complexity index is 868. The van der Waals surface area contributed by atoms with Crippen LogP contribution in [0.2, 0.25) is 0 Å². The molecule has 0 atom stereocenters. The van der Waals surface area contributed by atoms with Crippen molar-refractivity contribution in [2.45, 2.75) is 26.4 Å². The number of para-hydroxylation sites is 2. The summed E-state index contributed by atoms with van der Waals surface area (Å²) in [6, 6.07) is 15.7. The highest BCUT2D eigenvalue weighted by molar-refractivity contribution is 5.81. The van der Waals surface area contributed by atoms with Crippen LogP contribution in [0.15, 0.2) is 48.5 Å². The Morgan fingerprint density at radius 2 is 1.88 bits per heavy atom. The lowest BCUT2D eigenvalue weighted by molar-refractivity contribution is -0.131. The van der Waals surface area contributed by atoms with Crippen molar-refractivity contribution in [3.63, 3.8) is 0 Å². The van der Waals surface area contributed by atoms with Crippen molar-refractivity contribution < 1.29 is 9.53 Å². The van der Waals surface area contributed by atoms with Crippen LogP contribution in [-0.2, 0) is 24.3 Å². The predicted octanol–water partition coefficient (Wildman–Crippen LogP) is 3.27. The summed E-state index contributed by atoms with van der Waals surface area (Å²) in [5, 5.41) is 0. The number of carbonyl (C=O) groups excluding carboxylic acids is 1. The van der Waals surface area contributed by atoms with Gasteiger partial charge in [-0.05, 0) is 29.8 Å². The number of hydrogen-bond donors (Lipinski definition) is 0. The van der Waals surface area contributed by atoms with Gasteiger partial charge < -0.3 is 14.2 Å². The zero-order chi connectivity index (χ0) is 17.8. The maximum Gasteiger partial charge on any atom is 0.242 e. The molecule has 0 spiro atoms. The van der Waals surface area contributed by atoms with E-state index in [4.69, 9.17) is 4.74 Å². The Morgan fingerprint density at radius 1 is 1.16 bits per heavy atom. The van der Waals surface area contributed by atoms with Crippen LogP contribution in [0.3, 0.4) is 0 Å². The van der Waals surface area contributed by atoms with E-state index in [1.165, 1.54) is 0 Å². The SMILES string of the molecule is CCc1nc2ccccc2n1CC(=O)N(C)Cc1ccc(OC)cc1. The predicted molar refractivity (Wildman–Crippen MR) is 98.6 cm³/mol. The third-order valence-corrected chi connectivity index (χ3v) is 4.35. The van der Waals surface area contributed by atoms with Crippen LogP contribution in [0.25, 0.3) is 11.0 Å². The Hall–Kier alpha value is -2.82. The lowest BCUT2D eigenvalue weighted by atomic mass is 10.2. The molecule has 0 radical (unpaired) electrons. The Morgan fingerprint density at radius 3 is 2.56 bits per heavy atom. The third kappa shape index (κ3) is 3.65. The number of aromatic nitrogens is 2. The molecule has 5 nitrogen and oxygen atoms in total. The summed E-state index contributed by atoms with van der Waals surface area (Å²) in [5.41, 5.74) is 3.01. The molecular weight excluding hydrogens is 314 g/mol. The van der Waals surface area contributed by atoms with Gasteiger partial charge in [-0.3, -0.25) is 4.79 Å². The summed E-state index contributed by atoms with van der Waals surface area (Å²) in [6.45, 7) is 2.93. The molecule has 0 aliphatic heterocycles. The van der Waals surface area contributed by atoms with E-state index < -0.39 is 0 Å². The second-order valence-corrected chi connectivity index (χ2v) is 6.05. The van der Waals surface area contributed by atoms with Gasteiger partial charge in [-0.15, -0.1) is 0 Å². The average Bonchev–Trinajstić information content (AvgIpc) is 3.00. The van der Waals surface area contributed by atoms with E-state index in [-0.39, 0.29) is 5.91 Å². The lowest BCUT2D eigenvalue weighted by Crippen LogP contribution is -2.30. The maximum atomic E-state index is 12.7. The topological polar surface area (TPSA) is 47.4 Å². The van der Waals surface area contributed by atoms with E-state index in [0.29, 0.717) is 13.1 Å². The summed E-state index contributed by atoms with van der Waals surface area (Å²) in [4.78, 5) is 19.1. The van der Waals surface area contributed by atoms with Crippen LogP contribution >= 0.6 is 0 Å². The highest BCUT2D eigenvalue weighted by Crippen LogP contribution is 2.17. The second kappa shape index (κ2) is 7.38. The molecule has 0 fully saturated rings. The van der Waals surface area contributed by atoms with Gasteiger partial charge in [-0.2, -0.15) is 0 Å². The number of amides is 1. The van der Waals surface area contributed by atoms with Crippen molar-refractivity contribution in [1.29, 1.82) is 0 Å². The first-order chi connectivity index (χ1) is 12.1. The Balaban J connectivity index is 1.75. The van der Waals surface area contributed by atoms with E-state index >= 15 is 0 Å². The van der Waals surface area contributed by atoms with Crippen molar-refractivity contribution >= 4 is 16.9 Å². The number of methoxy groups -OCH3 is 1. The van der Waals surface area contributed by atoms with Gasteiger partial charge in [0.25, 0.3) is 0 Å². The fourth-order valence-electron chi connectivity index (χ4n) is 2.92. The molecule has 0 aliphatic rings. The molecule has 3 rings (SSSR count). The van der Waals surface area contributed by atoms with Gasteiger partial charge in [0.15, 0.2) is 0 Å². The molecular formula is C20H23N3O2. The van der Waals surface area contributed by atoms with Crippen molar-refractivity contribution in [2.24, 2.45) is 0 Å². The van der Waals surface area contributed by atoms with Crippen molar-refractivity contribution in [3.8, 4) is 5.75 Å². The minimum atomic E-state index is 0.0636. The zero-order valence-electron chi connectivity index (χ0n) is 14.9. The smallest absolute Gasteiger partial charge is 0.242 e. The fraction of sp³-hybridized carbons (Fsp3) is 0.300. The van der Waals surface area contributed by atoms with Crippen LogP contribution in [0, 0.1) is 0 Å². The molecule has 0 N–H and O–H groups in total. The molecule has 5 heteroatoms. The minimum absolute atomic E-state index is 0.0636. The van der Waals surface area contributed by atoms with E-state index in [2.05, 4.69) is 11.9 Å². The summed E-state index contributed by atoms with van der Waals surface area (Å²) >= 11 is 0. The highest BCUT2D eigenvalue weighted by atomic mass is 16.5. The molecule has 0 aliphatic carbocycles. The van der Waals surface area contributed by atoms with Gasteiger partial charge in [0.05, 0.1) is 18.1 Å². The molecule has 130 valence electrons. The summed E-state index contributed by atoms with van der Waals surface area (Å²) < 4.78 is 7.18. The Kier molecular flexibility index (Phi) is 5.03. The van der Waals surface area contributed by atoms with Gasteiger partial charge in [0.2, 0.25) is 5.91 Å². The van der Waals surface area contributed by atoms with Crippen molar-refractivity contribution in [2.75, 3.05) is 14.2 Å². The number of imidazole rings is 1. The van der Waals surface area contributed by atoms with Gasteiger partial charge in [-0.25, -0.2) is 4.98 Å². The number of nitrogens with zero attached hydrogens (tertiary/aromatic N) is 3. The second-order valence-electron chi connectivity index (χ2n) is 6.05.